The van der Waals surface area contributed by atoms with Crippen molar-refractivity contribution in [1.82, 2.24) is 5.32 Å². The summed E-state index contributed by atoms with van der Waals surface area (Å²) in [7, 11) is -3.75. The Bertz CT molecular complexity index is 943. The van der Waals surface area contributed by atoms with Crippen molar-refractivity contribution >= 4 is 21.6 Å². The topological polar surface area (TPSA) is 66.5 Å². The highest BCUT2D eigenvalue weighted by Gasteiger charge is 2.32. The molecule has 2 aromatic rings. The van der Waals surface area contributed by atoms with Crippen LogP contribution in [0.5, 0.6) is 0 Å². The van der Waals surface area contributed by atoms with Crippen LogP contribution in [-0.2, 0) is 14.8 Å². The van der Waals surface area contributed by atoms with Crippen LogP contribution >= 0.6 is 0 Å². The standard InChI is InChI=1S/C21H27FN2O3S/c1-6-20(24(28(5,26)27)18-11-9-17(22)10-12-18)21(25)23-16(4)19-13-14(2)7-8-15(19)3/h7-13,16,20H,6H2,1-5H3,(H,23,25)/t16-,20-/m1/s1. The molecular formula is C21H27FN2O3S. The molecule has 2 aromatic carbocycles. The van der Waals surface area contributed by atoms with Crippen molar-refractivity contribution in [2.75, 3.05) is 10.6 Å². The van der Waals surface area contributed by atoms with Gasteiger partial charge in [-0.2, -0.15) is 0 Å². The van der Waals surface area contributed by atoms with Gasteiger partial charge in [0.25, 0.3) is 0 Å². The molecule has 0 saturated heterocycles. The second kappa shape index (κ2) is 8.73. The second-order valence-corrected chi connectivity index (χ2v) is 8.91. The van der Waals surface area contributed by atoms with Crippen LogP contribution in [0.25, 0.3) is 0 Å². The second-order valence-electron chi connectivity index (χ2n) is 7.05. The van der Waals surface area contributed by atoms with Gasteiger partial charge in [0.15, 0.2) is 0 Å². The van der Waals surface area contributed by atoms with Crippen LogP contribution in [0.1, 0.15) is 43.0 Å². The molecule has 0 radical (unpaired) electrons. The number of benzene rings is 2. The quantitative estimate of drug-likeness (QED) is 0.759. The molecule has 0 fully saturated rings. The van der Waals surface area contributed by atoms with Crippen molar-refractivity contribution < 1.29 is 17.6 Å². The van der Waals surface area contributed by atoms with Gasteiger partial charge in [0.05, 0.1) is 18.0 Å². The molecule has 5 nitrogen and oxygen atoms in total. The molecular weight excluding hydrogens is 379 g/mol. The van der Waals surface area contributed by atoms with Crippen LogP contribution in [-0.4, -0.2) is 26.6 Å². The third-order valence-electron chi connectivity index (χ3n) is 4.67. The number of halogens is 1. The van der Waals surface area contributed by atoms with Crippen LogP contribution in [0, 0.1) is 19.7 Å². The lowest BCUT2D eigenvalue weighted by molar-refractivity contribution is -0.122. The number of hydrogen-bond acceptors (Lipinski definition) is 3. The van der Waals surface area contributed by atoms with Crippen molar-refractivity contribution in [2.45, 2.75) is 46.2 Å². The molecule has 0 heterocycles. The average molecular weight is 407 g/mol. The number of rotatable bonds is 7. The summed E-state index contributed by atoms with van der Waals surface area (Å²) in [5, 5.41) is 2.93. The average Bonchev–Trinajstić information content (AvgIpc) is 2.61. The lowest BCUT2D eigenvalue weighted by Crippen LogP contribution is -2.49. The first kappa shape index (κ1) is 21.9. The summed E-state index contributed by atoms with van der Waals surface area (Å²) in [6, 6.07) is 9.86. The summed E-state index contributed by atoms with van der Waals surface area (Å²) in [5.41, 5.74) is 3.36. The number of amides is 1. The molecule has 1 N–H and O–H groups in total. The highest BCUT2D eigenvalue weighted by molar-refractivity contribution is 7.92. The van der Waals surface area contributed by atoms with Crippen molar-refractivity contribution in [3.8, 4) is 0 Å². The van der Waals surface area contributed by atoms with Gasteiger partial charge in [0, 0.05) is 0 Å². The van der Waals surface area contributed by atoms with Gasteiger partial charge >= 0.3 is 0 Å². The lowest BCUT2D eigenvalue weighted by Gasteiger charge is -2.31. The molecule has 0 unspecified atom stereocenters. The Labute approximate surface area is 166 Å². The summed E-state index contributed by atoms with van der Waals surface area (Å²) < 4.78 is 39.2. The predicted octanol–water partition coefficient (Wildman–Crippen LogP) is 3.86. The van der Waals surface area contributed by atoms with Crippen LogP contribution in [0.2, 0.25) is 0 Å². The van der Waals surface area contributed by atoms with E-state index in [9.17, 15) is 17.6 Å². The Morgan fingerprint density at radius 3 is 2.29 bits per heavy atom. The van der Waals surface area contributed by atoms with Crippen LogP contribution in [0.15, 0.2) is 42.5 Å². The fourth-order valence-corrected chi connectivity index (χ4v) is 4.47. The van der Waals surface area contributed by atoms with E-state index in [1.807, 2.05) is 39.0 Å². The molecule has 0 aliphatic heterocycles. The molecule has 0 aliphatic rings. The molecule has 0 saturated carbocycles. The van der Waals surface area contributed by atoms with Crippen LogP contribution in [0.4, 0.5) is 10.1 Å². The summed E-state index contributed by atoms with van der Waals surface area (Å²) in [6.07, 6.45) is 1.32. The molecule has 2 atom stereocenters. The summed E-state index contributed by atoms with van der Waals surface area (Å²) in [6.45, 7) is 7.56. The zero-order chi connectivity index (χ0) is 21.1. The fraction of sp³-hybridized carbons (Fsp3) is 0.381. The van der Waals surface area contributed by atoms with Crippen LogP contribution in [0.3, 0.4) is 0 Å². The first-order chi connectivity index (χ1) is 13.0. The van der Waals surface area contributed by atoms with Crippen LogP contribution < -0.4 is 9.62 Å². The number of hydrogen-bond donors (Lipinski definition) is 1. The molecule has 2 rings (SSSR count). The van der Waals surface area contributed by atoms with Gasteiger partial charge in [-0.25, -0.2) is 12.8 Å². The van der Waals surface area contributed by atoms with Gasteiger partial charge in [-0.1, -0.05) is 30.7 Å². The van der Waals surface area contributed by atoms with E-state index in [0.717, 1.165) is 27.3 Å². The number of sulfonamides is 1. The van der Waals surface area contributed by atoms with E-state index < -0.39 is 27.8 Å². The molecule has 0 spiro atoms. The normalized spacial score (nSPS) is 13.6. The van der Waals surface area contributed by atoms with Gasteiger partial charge in [-0.3, -0.25) is 9.10 Å². The fourth-order valence-electron chi connectivity index (χ4n) is 3.26. The maximum Gasteiger partial charge on any atom is 0.244 e. The zero-order valence-corrected chi connectivity index (χ0v) is 17.7. The van der Waals surface area contributed by atoms with Gasteiger partial charge in [-0.15, -0.1) is 0 Å². The molecule has 0 aromatic heterocycles. The number of nitrogens with zero attached hydrogens (tertiary/aromatic N) is 1. The van der Waals surface area contributed by atoms with E-state index in [0.29, 0.717) is 0 Å². The summed E-state index contributed by atoms with van der Waals surface area (Å²) >= 11 is 0. The van der Waals surface area contributed by atoms with E-state index in [1.165, 1.54) is 24.3 Å². The first-order valence-electron chi connectivity index (χ1n) is 9.17. The molecule has 0 bridgehead atoms. The Morgan fingerprint density at radius 2 is 1.75 bits per heavy atom. The van der Waals surface area contributed by atoms with Crippen molar-refractivity contribution in [1.29, 1.82) is 0 Å². The largest absolute Gasteiger partial charge is 0.348 e. The predicted molar refractivity (Wildman–Crippen MR) is 110 cm³/mol. The van der Waals surface area contributed by atoms with Crippen molar-refractivity contribution in [2.24, 2.45) is 0 Å². The maximum atomic E-state index is 13.3. The van der Waals surface area contributed by atoms with E-state index in [1.54, 1.807) is 6.92 Å². The highest BCUT2D eigenvalue weighted by Crippen LogP contribution is 2.24. The lowest BCUT2D eigenvalue weighted by atomic mass is 9.99. The minimum atomic E-state index is -3.75. The first-order valence-corrected chi connectivity index (χ1v) is 11.0. The molecule has 7 heteroatoms. The molecule has 28 heavy (non-hydrogen) atoms. The summed E-state index contributed by atoms with van der Waals surface area (Å²) in [4.78, 5) is 13.0. The third kappa shape index (κ3) is 5.10. The highest BCUT2D eigenvalue weighted by atomic mass is 32.2. The monoisotopic (exact) mass is 406 g/mol. The molecule has 0 aliphatic carbocycles. The van der Waals surface area contributed by atoms with Gasteiger partial charge in [-0.05, 0) is 62.6 Å². The zero-order valence-electron chi connectivity index (χ0n) is 16.9. The smallest absolute Gasteiger partial charge is 0.244 e. The SMILES string of the molecule is CC[C@H](C(=O)N[C@H](C)c1cc(C)ccc1C)N(c1ccc(F)cc1)S(C)(=O)=O. The van der Waals surface area contributed by atoms with Crippen molar-refractivity contribution in [3.05, 3.63) is 65.0 Å². The number of carbonyl (C=O) groups excluding carboxylic acids is 1. The Balaban J connectivity index is 2.33. The third-order valence-corrected chi connectivity index (χ3v) is 5.85. The number of carbonyl (C=O) groups is 1. The number of anilines is 1. The van der Waals surface area contributed by atoms with E-state index in [-0.39, 0.29) is 18.2 Å². The van der Waals surface area contributed by atoms with Gasteiger partial charge in [0.2, 0.25) is 15.9 Å². The Hall–Kier alpha value is -2.41. The number of aryl methyl sites for hydroxylation is 2. The summed E-state index contributed by atoms with van der Waals surface area (Å²) in [5.74, 6) is -0.871. The number of nitrogens with one attached hydrogen (secondary N) is 1. The van der Waals surface area contributed by atoms with Crippen molar-refractivity contribution in [3.63, 3.8) is 0 Å². The van der Waals surface area contributed by atoms with Gasteiger partial charge < -0.3 is 5.32 Å². The van der Waals surface area contributed by atoms with E-state index in [4.69, 9.17) is 0 Å². The maximum absolute atomic E-state index is 13.3. The van der Waals surface area contributed by atoms with E-state index >= 15 is 0 Å². The molecule has 1 amide bonds. The van der Waals surface area contributed by atoms with Gasteiger partial charge in [0.1, 0.15) is 11.9 Å². The minimum absolute atomic E-state index is 0.255. The minimum Gasteiger partial charge on any atom is -0.348 e. The Morgan fingerprint density at radius 1 is 1.14 bits per heavy atom. The van der Waals surface area contributed by atoms with E-state index in [2.05, 4.69) is 5.32 Å². The Kier molecular flexibility index (Phi) is 6.82. The molecule has 152 valence electrons.